The molecule has 0 atom stereocenters. The van der Waals surface area contributed by atoms with E-state index in [4.69, 9.17) is 22.2 Å². The van der Waals surface area contributed by atoms with Crippen LogP contribution in [0, 0.1) is 0 Å². The fraction of sp³-hybridized carbons (Fsp3) is 0.176. The lowest BCUT2D eigenvalue weighted by molar-refractivity contribution is -0.117. The summed E-state index contributed by atoms with van der Waals surface area (Å²) in [5.41, 5.74) is 6.42. The Hall–Kier alpha value is -2.46. The molecule has 0 aliphatic carbocycles. The summed E-state index contributed by atoms with van der Waals surface area (Å²) in [6.07, 6.45) is 0.0969. The molecular formula is C17H18ClN3O5S. The molecule has 0 saturated heterocycles. The van der Waals surface area contributed by atoms with Crippen molar-refractivity contribution in [2.75, 3.05) is 19.5 Å². The van der Waals surface area contributed by atoms with Crippen LogP contribution in [0.5, 0.6) is 0 Å². The number of anilines is 1. The minimum atomic E-state index is -4.01. The minimum absolute atomic E-state index is 0.0359. The van der Waals surface area contributed by atoms with Gasteiger partial charge < -0.3 is 11.1 Å². The number of hydroxylamine groups is 1. The van der Waals surface area contributed by atoms with Gasteiger partial charge in [-0.05, 0) is 35.9 Å². The van der Waals surface area contributed by atoms with Crippen molar-refractivity contribution in [2.24, 2.45) is 5.73 Å². The molecule has 0 saturated carbocycles. The molecule has 0 radical (unpaired) electrons. The van der Waals surface area contributed by atoms with Gasteiger partial charge in [-0.25, -0.2) is 8.42 Å². The third-order valence-corrected chi connectivity index (χ3v) is 5.82. The van der Waals surface area contributed by atoms with Crippen LogP contribution in [-0.2, 0) is 26.1 Å². The second-order valence-corrected chi connectivity index (χ2v) is 7.85. The van der Waals surface area contributed by atoms with E-state index >= 15 is 0 Å². The fourth-order valence-electron chi connectivity index (χ4n) is 2.19. The van der Waals surface area contributed by atoms with Gasteiger partial charge in [-0.1, -0.05) is 28.2 Å². The summed E-state index contributed by atoms with van der Waals surface area (Å²) in [6, 6.07) is 10.4. The number of nitrogens with two attached hydrogens (primary N) is 1. The van der Waals surface area contributed by atoms with Gasteiger partial charge in [0.05, 0.1) is 18.6 Å². The average molecular weight is 412 g/mol. The summed E-state index contributed by atoms with van der Waals surface area (Å²) in [5.74, 6) is -0.978. The van der Waals surface area contributed by atoms with Crippen LogP contribution in [0.3, 0.4) is 0 Å². The number of sulfonamides is 1. The number of nitrogens with one attached hydrogen (secondary N) is 1. The Morgan fingerprint density at radius 2 is 1.81 bits per heavy atom. The first-order chi connectivity index (χ1) is 12.6. The topological polar surface area (TPSA) is 119 Å². The second-order valence-electron chi connectivity index (χ2n) is 5.54. The highest BCUT2D eigenvalue weighted by Gasteiger charge is 2.25. The highest BCUT2D eigenvalue weighted by Crippen LogP contribution is 2.26. The molecule has 2 aromatic rings. The van der Waals surface area contributed by atoms with Crippen molar-refractivity contribution in [1.29, 1.82) is 0 Å². The number of primary amides is 1. The Morgan fingerprint density at radius 1 is 1.19 bits per heavy atom. The van der Waals surface area contributed by atoms with Crippen LogP contribution in [0.15, 0.2) is 47.4 Å². The zero-order valence-corrected chi connectivity index (χ0v) is 16.2. The molecular weight excluding hydrogens is 394 g/mol. The summed E-state index contributed by atoms with van der Waals surface area (Å²) in [6.45, 7) is 0. The quantitative estimate of drug-likeness (QED) is 0.673. The smallest absolute Gasteiger partial charge is 0.266 e. The molecule has 27 heavy (non-hydrogen) atoms. The van der Waals surface area contributed by atoms with Gasteiger partial charge >= 0.3 is 0 Å². The maximum Gasteiger partial charge on any atom is 0.266 e. The van der Waals surface area contributed by atoms with Crippen molar-refractivity contribution < 1.29 is 22.8 Å². The van der Waals surface area contributed by atoms with Crippen molar-refractivity contribution in [2.45, 2.75) is 11.3 Å². The monoisotopic (exact) mass is 411 g/mol. The first-order valence-electron chi connectivity index (χ1n) is 7.66. The van der Waals surface area contributed by atoms with Crippen LogP contribution in [0.2, 0.25) is 5.02 Å². The number of amides is 2. The Labute approximate surface area is 161 Å². The van der Waals surface area contributed by atoms with Crippen molar-refractivity contribution in [3.05, 3.63) is 58.6 Å². The Bertz CT molecular complexity index is 961. The zero-order valence-electron chi connectivity index (χ0n) is 14.6. The number of halogens is 1. The third-order valence-electron chi connectivity index (χ3n) is 3.66. The first kappa shape index (κ1) is 20.8. The number of carbonyl (C=O) groups excluding carboxylic acids is 2. The molecule has 2 rings (SSSR count). The molecule has 0 aliphatic heterocycles. The number of hydrogen-bond acceptors (Lipinski definition) is 5. The molecule has 0 heterocycles. The maximum atomic E-state index is 12.4. The third kappa shape index (κ3) is 5.04. The van der Waals surface area contributed by atoms with Gasteiger partial charge in [0.1, 0.15) is 4.90 Å². The predicted octanol–water partition coefficient (Wildman–Crippen LogP) is 1.80. The fourth-order valence-corrected chi connectivity index (χ4v) is 3.66. The highest BCUT2D eigenvalue weighted by molar-refractivity contribution is 7.89. The maximum absolute atomic E-state index is 12.4. The van der Waals surface area contributed by atoms with Gasteiger partial charge in [0, 0.05) is 18.3 Å². The van der Waals surface area contributed by atoms with Gasteiger partial charge in [-0.2, -0.15) is 0 Å². The molecule has 2 amide bonds. The van der Waals surface area contributed by atoms with E-state index in [-0.39, 0.29) is 21.9 Å². The molecule has 0 bridgehead atoms. The Balaban J connectivity index is 2.24. The summed E-state index contributed by atoms with van der Waals surface area (Å²) in [4.78, 5) is 27.8. The Morgan fingerprint density at radius 3 is 2.37 bits per heavy atom. The van der Waals surface area contributed by atoms with Crippen LogP contribution in [-0.4, -0.2) is 38.9 Å². The van der Waals surface area contributed by atoms with E-state index in [1.165, 1.54) is 32.4 Å². The minimum Gasteiger partial charge on any atom is -0.369 e. The van der Waals surface area contributed by atoms with E-state index in [1.54, 1.807) is 24.3 Å². The molecule has 0 spiro atoms. The van der Waals surface area contributed by atoms with E-state index in [2.05, 4.69) is 5.32 Å². The van der Waals surface area contributed by atoms with Crippen LogP contribution in [0.1, 0.15) is 15.9 Å². The molecule has 0 aromatic heterocycles. The van der Waals surface area contributed by atoms with Gasteiger partial charge in [0.25, 0.3) is 15.9 Å². The number of carbonyl (C=O) groups is 2. The normalized spacial score (nSPS) is 11.4. The number of hydrogen-bond donors (Lipinski definition) is 2. The predicted molar refractivity (Wildman–Crippen MR) is 101 cm³/mol. The number of benzene rings is 2. The zero-order chi connectivity index (χ0) is 20.2. The standard InChI is InChI=1S/C17H18ClN3O5S/c1-21(26-2)27(24,25)15-10-12(5-8-14(15)18)17(23)20-13-6-3-11(4-7-13)9-16(19)22/h3-8,10H,9H2,1-2H3,(H2,19,22)(H,20,23). The summed E-state index contributed by atoms with van der Waals surface area (Å²) in [7, 11) is -1.60. The van der Waals surface area contributed by atoms with Gasteiger partial charge in [-0.15, -0.1) is 0 Å². The van der Waals surface area contributed by atoms with E-state index < -0.39 is 21.8 Å². The SMILES string of the molecule is CON(C)S(=O)(=O)c1cc(C(=O)Nc2ccc(CC(N)=O)cc2)ccc1Cl. The average Bonchev–Trinajstić information content (AvgIpc) is 2.62. The van der Waals surface area contributed by atoms with Gasteiger partial charge in [0.2, 0.25) is 5.91 Å². The van der Waals surface area contributed by atoms with Crippen molar-refractivity contribution in [3.63, 3.8) is 0 Å². The number of rotatable bonds is 7. The van der Waals surface area contributed by atoms with Gasteiger partial charge in [-0.3, -0.25) is 14.4 Å². The van der Waals surface area contributed by atoms with Crippen molar-refractivity contribution >= 4 is 39.1 Å². The van der Waals surface area contributed by atoms with Crippen LogP contribution < -0.4 is 11.1 Å². The lowest BCUT2D eigenvalue weighted by atomic mass is 10.1. The second kappa shape index (κ2) is 8.49. The molecule has 144 valence electrons. The summed E-state index contributed by atoms with van der Waals surface area (Å²) >= 11 is 5.97. The van der Waals surface area contributed by atoms with Crippen LogP contribution >= 0.6 is 11.6 Å². The Kier molecular flexibility index (Phi) is 6.55. The van der Waals surface area contributed by atoms with E-state index in [0.717, 1.165) is 0 Å². The van der Waals surface area contributed by atoms with Crippen molar-refractivity contribution in [3.8, 4) is 0 Å². The van der Waals surface area contributed by atoms with E-state index in [9.17, 15) is 18.0 Å². The molecule has 10 heteroatoms. The lowest BCUT2D eigenvalue weighted by Gasteiger charge is -2.16. The van der Waals surface area contributed by atoms with E-state index in [0.29, 0.717) is 15.7 Å². The molecule has 0 aliphatic rings. The highest BCUT2D eigenvalue weighted by atomic mass is 35.5. The van der Waals surface area contributed by atoms with Crippen LogP contribution in [0.25, 0.3) is 0 Å². The molecule has 3 N–H and O–H groups in total. The molecule has 0 fully saturated rings. The van der Waals surface area contributed by atoms with Crippen LogP contribution in [0.4, 0.5) is 5.69 Å². The number of nitrogens with zero attached hydrogens (tertiary/aromatic N) is 1. The summed E-state index contributed by atoms with van der Waals surface area (Å²) in [5, 5.41) is 2.61. The first-order valence-corrected chi connectivity index (χ1v) is 9.48. The largest absolute Gasteiger partial charge is 0.369 e. The summed E-state index contributed by atoms with van der Waals surface area (Å²) < 4.78 is 25.4. The molecule has 8 nitrogen and oxygen atoms in total. The lowest BCUT2D eigenvalue weighted by Crippen LogP contribution is -2.26. The van der Waals surface area contributed by atoms with Gasteiger partial charge in [0.15, 0.2) is 0 Å². The molecule has 0 unspecified atom stereocenters. The van der Waals surface area contributed by atoms with E-state index in [1.807, 2.05) is 0 Å². The molecule has 2 aromatic carbocycles. The van der Waals surface area contributed by atoms with Crippen molar-refractivity contribution in [1.82, 2.24) is 4.47 Å².